The molecule has 0 fully saturated rings. The normalized spacial score (nSPS) is 10.9. The number of nitrogens with zero attached hydrogens (tertiary/aromatic N) is 2. The lowest BCUT2D eigenvalue weighted by Crippen LogP contribution is -2.44. The number of carbonyl (C=O) groups excluding carboxylic acids is 2. The van der Waals surface area contributed by atoms with Crippen molar-refractivity contribution >= 4 is 35.0 Å². The molecule has 0 aliphatic rings. The molecule has 27 heavy (non-hydrogen) atoms. The molecular formula is C21H27N3O2S. The Morgan fingerprint density at radius 3 is 2.26 bits per heavy atom. The van der Waals surface area contributed by atoms with E-state index in [-0.39, 0.29) is 30.9 Å². The highest BCUT2D eigenvalue weighted by Gasteiger charge is 2.21. The molecule has 0 aromatic heterocycles. The van der Waals surface area contributed by atoms with Gasteiger partial charge >= 0.3 is 0 Å². The van der Waals surface area contributed by atoms with E-state index in [2.05, 4.69) is 5.32 Å². The van der Waals surface area contributed by atoms with E-state index in [0.717, 1.165) is 16.3 Å². The van der Waals surface area contributed by atoms with E-state index in [1.807, 2.05) is 74.7 Å². The van der Waals surface area contributed by atoms with Crippen molar-refractivity contribution in [3.8, 4) is 0 Å². The molecule has 0 unspecified atom stereocenters. The summed E-state index contributed by atoms with van der Waals surface area (Å²) >= 11 is 1.58. The van der Waals surface area contributed by atoms with Gasteiger partial charge in [0.2, 0.25) is 11.8 Å². The van der Waals surface area contributed by atoms with Gasteiger partial charge in [0, 0.05) is 16.6 Å². The van der Waals surface area contributed by atoms with Crippen molar-refractivity contribution in [3.63, 3.8) is 0 Å². The molecule has 0 saturated carbocycles. The van der Waals surface area contributed by atoms with Crippen molar-refractivity contribution in [2.24, 2.45) is 0 Å². The molecule has 0 saturated heterocycles. The van der Waals surface area contributed by atoms with Gasteiger partial charge in [-0.15, -0.1) is 11.8 Å². The maximum absolute atomic E-state index is 12.8. The van der Waals surface area contributed by atoms with E-state index in [9.17, 15) is 9.59 Å². The quantitative estimate of drug-likeness (QED) is 0.704. The number of anilines is 2. The predicted molar refractivity (Wildman–Crippen MR) is 113 cm³/mol. The summed E-state index contributed by atoms with van der Waals surface area (Å²) in [5, 5.41) is 2.92. The molecular weight excluding hydrogens is 358 g/mol. The summed E-state index contributed by atoms with van der Waals surface area (Å²) in [5.74, 6) is -0.168. The van der Waals surface area contributed by atoms with Gasteiger partial charge in [0.1, 0.15) is 0 Å². The molecule has 0 atom stereocenters. The van der Waals surface area contributed by atoms with Crippen LogP contribution in [0.15, 0.2) is 59.5 Å². The zero-order valence-electron chi connectivity index (χ0n) is 16.3. The second kappa shape index (κ2) is 10.1. The topological polar surface area (TPSA) is 52.7 Å². The molecule has 0 heterocycles. The summed E-state index contributed by atoms with van der Waals surface area (Å²) in [6, 6.07) is 17.3. The highest BCUT2D eigenvalue weighted by Crippen LogP contribution is 2.24. The summed E-state index contributed by atoms with van der Waals surface area (Å²) in [6.07, 6.45) is 1.97. The number of likely N-dealkylation sites (N-methyl/N-ethyl adjacent to an activating group) is 1. The van der Waals surface area contributed by atoms with Crippen LogP contribution in [-0.2, 0) is 9.59 Å². The van der Waals surface area contributed by atoms with Crippen LogP contribution in [0.4, 0.5) is 11.4 Å². The van der Waals surface area contributed by atoms with Gasteiger partial charge in [-0.1, -0.05) is 30.3 Å². The van der Waals surface area contributed by atoms with E-state index >= 15 is 0 Å². The van der Waals surface area contributed by atoms with E-state index in [1.165, 1.54) is 0 Å². The van der Waals surface area contributed by atoms with Gasteiger partial charge in [-0.3, -0.25) is 14.5 Å². The standard InChI is InChI=1S/C21H27N3O2S/c1-16(2)24(17-10-6-5-7-11-17)21(26)15-23(3)14-20(25)22-18-12-8-9-13-19(18)27-4/h5-13,16H,14-15H2,1-4H3,(H,22,25). The maximum atomic E-state index is 12.8. The largest absolute Gasteiger partial charge is 0.324 e. The van der Waals surface area contributed by atoms with E-state index < -0.39 is 0 Å². The Hall–Kier alpha value is -2.31. The highest BCUT2D eigenvalue weighted by molar-refractivity contribution is 7.98. The van der Waals surface area contributed by atoms with Crippen LogP contribution in [-0.4, -0.2) is 49.1 Å². The zero-order valence-corrected chi connectivity index (χ0v) is 17.1. The zero-order chi connectivity index (χ0) is 19.8. The van der Waals surface area contributed by atoms with Crippen molar-refractivity contribution in [2.75, 3.05) is 36.6 Å². The van der Waals surface area contributed by atoms with Gasteiger partial charge in [0.25, 0.3) is 0 Å². The van der Waals surface area contributed by atoms with Crippen LogP contribution in [0.2, 0.25) is 0 Å². The molecule has 0 aliphatic carbocycles. The van der Waals surface area contributed by atoms with Crippen molar-refractivity contribution < 1.29 is 9.59 Å². The Labute approximate surface area is 165 Å². The number of hydrogen-bond acceptors (Lipinski definition) is 4. The lowest BCUT2D eigenvalue weighted by atomic mass is 10.2. The molecule has 2 aromatic carbocycles. The fourth-order valence-corrected chi connectivity index (χ4v) is 3.42. The van der Waals surface area contributed by atoms with Crippen molar-refractivity contribution in [1.82, 2.24) is 4.90 Å². The molecule has 0 aliphatic heterocycles. The lowest BCUT2D eigenvalue weighted by molar-refractivity contribution is -0.121. The third-order valence-corrected chi connectivity index (χ3v) is 4.82. The number of para-hydroxylation sites is 2. The number of rotatable bonds is 8. The number of hydrogen-bond donors (Lipinski definition) is 1. The Bertz CT molecular complexity index is 765. The van der Waals surface area contributed by atoms with Gasteiger partial charge < -0.3 is 10.2 Å². The van der Waals surface area contributed by atoms with E-state index in [0.29, 0.717) is 0 Å². The summed E-state index contributed by atoms with van der Waals surface area (Å²) in [5.41, 5.74) is 1.66. The smallest absolute Gasteiger partial charge is 0.241 e. The highest BCUT2D eigenvalue weighted by atomic mass is 32.2. The molecule has 2 rings (SSSR count). The first kappa shape index (κ1) is 21.0. The van der Waals surface area contributed by atoms with Crippen molar-refractivity contribution in [1.29, 1.82) is 0 Å². The fourth-order valence-electron chi connectivity index (χ4n) is 2.86. The van der Waals surface area contributed by atoms with Crippen LogP contribution in [0.3, 0.4) is 0 Å². The summed E-state index contributed by atoms with van der Waals surface area (Å²) in [6.45, 7) is 4.29. The Kier molecular flexibility index (Phi) is 7.88. The molecule has 0 radical (unpaired) electrons. The Balaban J connectivity index is 1.96. The first-order valence-electron chi connectivity index (χ1n) is 8.91. The molecule has 0 bridgehead atoms. The lowest BCUT2D eigenvalue weighted by Gasteiger charge is -2.29. The first-order valence-corrected chi connectivity index (χ1v) is 10.1. The molecule has 0 spiro atoms. The van der Waals surface area contributed by atoms with E-state index in [4.69, 9.17) is 0 Å². The summed E-state index contributed by atoms with van der Waals surface area (Å²) in [4.78, 5) is 29.7. The molecule has 2 amide bonds. The molecule has 144 valence electrons. The molecule has 6 heteroatoms. The second-order valence-corrected chi connectivity index (χ2v) is 7.46. The second-order valence-electron chi connectivity index (χ2n) is 6.61. The van der Waals surface area contributed by atoms with Crippen LogP contribution in [0.5, 0.6) is 0 Å². The number of amides is 2. The Morgan fingerprint density at radius 1 is 1.00 bits per heavy atom. The first-order chi connectivity index (χ1) is 12.9. The minimum atomic E-state index is -0.136. The van der Waals surface area contributed by atoms with Crippen molar-refractivity contribution in [3.05, 3.63) is 54.6 Å². The van der Waals surface area contributed by atoms with Gasteiger partial charge in [-0.05, 0) is 51.4 Å². The van der Waals surface area contributed by atoms with Gasteiger partial charge in [-0.25, -0.2) is 0 Å². The summed E-state index contributed by atoms with van der Waals surface area (Å²) < 4.78 is 0. The van der Waals surface area contributed by atoms with Crippen LogP contribution >= 0.6 is 11.8 Å². The van der Waals surface area contributed by atoms with Gasteiger partial charge in [0.05, 0.1) is 18.8 Å². The average Bonchev–Trinajstić information content (AvgIpc) is 2.62. The SMILES string of the molecule is CSc1ccccc1NC(=O)CN(C)CC(=O)N(c1ccccc1)C(C)C. The third-order valence-electron chi connectivity index (χ3n) is 4.02. The van der Waals surface area contributed by atoms with Gasteiger partial charge in [0.15, 0.2) is 0 Å². The predicted octanol–water partition coefficient (Wildman–Crippen LogP) is 3.72. The minimum absolute atomic E-state index is 0.0315. The van der Waals surface area contributed by atoms with Crippen molar-refractivity contribution in [2.45, 2.75) is 24.8 Å². The molecule has 1 N–H and O–H groups in total. The molecule has 5 nitrogen and oxygen atoms in total. The van der Waals surface area contributed by atoms with Crippen LogP contribution in [0.1, 0.15) is 13.8 Å². The fraction of sp³-hybridized carbons (Fsp3) is 0.333. The number of nitrogens with one attached hydrogen (secondary N) is 1. The number of thioether (sulfide) groups is 1. The average molecular weight is 386 g/mol. The maximum Gasteiger partial charge on any atom is 0.241 e. The minimum Gasteiger partial charge on any atom is -0.324 e. The van der Waals surface area contributed by atoms with Crippen LogP contribution in [0.25, 0.3) is 0 Å². The summed E-state index contributed by atoms with van der Waals surface area (Å²) in [7, 11) is 1.78. The number of carbonyl (C=O) groups is 2. The van der Waals surface area contributed by atoms with Gasteiger partial charge in [-0.2, -0.15) is 0 Å². The Morgan fingerprint density at radius 2 is 1.63 bits per heavy atom. The van der Waals surface area contributed by atoms with Crippen LogP contribution in [0, 0.1) is 0 Å². The third kappa shape index (κ3) is 6.12. The monoisotopic (exact) mass is 385 g/mol. The van der Waals surface area contributed by atoms with E-state index in [1.54, 1.807) is 28.6 Å². The number of benzene rings is 2. The van der Waals surface area contributed by atoms with Crippen LogP contribution < -0.4 is 10.2 Å². The molecule has 2 aromatic rings.